The van der Waals surface area contributed by atoms with E-state index in [9.17, 15) is 9.59 Å². The van der Waals surface area contributed by atoms with Gasteiger partial charge in [-0.15, -0.1) is 0 Å². The summed E-state index contributed by atoms with van der Waals surface area (Å²) in [6.45, 7) is 8.57. The quantitative estimate of drug-likeness (QED) is 0.934. The third-order valence-electron chi connectivity index (χ3n) is 5.04. The van der Waals surface area contributed by atoms with Gasteiger partial charge >= 0.3 is 0 Å². The zero-order valence-corrected chi connectivity index (χ0v) is 15.1. The van der Waals surface area contributed by atoms with Crippen molar-refractivity contribution in [3.05, 3.63) is 58.4 Å². The maximum Gasteiger partial charge on any atom is 0.270 e. The highest BCUT2D eigenvalue weighted by molar-refractivity contribution is 5.92. The van der Waals surface area contributed by atoms with Crippen LogP contribution in [0.15, 0.2) is 30.5 Å². The molecule has 0 aliphatic carbocycles. The number of hydrogen-bond donors (Lipinski definition) is 1. The molecule has 0 spiro atoms. The molecule has 1 aromatic carbocycles. The van der Waals surface area contributed by atoms with E-state index in [2.05, 4.69) is 37.9 Å². The molecule has 1 fully saturated rings. The molecule has 5 heteroatoms. The topological polar surface area (TPSA) is 56.4 Å². The molecule has 2 aromatic rings. The van der Waals surface area contributed by atoms with E-state index in [1.807, 2.05) is 11.0 Å². The van der Waals surface area contributed by atoms with Crippen molar-refractivity contribution in [2.45, 2.75) is 27.2 Å². The number of rotatable bonds is 3. The van der Waals surface area contributed by atoms with Crippen molar-refractivity contribution in [3.8, 4) is 0 Å². The Hall–Kier alpha value is -2.56. The fourth-order valence-electron chi connectivity index (χ4n) is 3.28. The first-order chi connectivity index (χ1) is 12.0. The lowest BCUT2D eigenvalue weighted by Gasteiger charge is -2.34. The van der Waals surface area contributed by atoms with Crippen LogP contribution in [-0.2, 0) is 11.2 Å². The zero-order chi connectivity index (χ0) is 18.0. The summed E-state index contributed by atoms with van der Waals surface area (Å²) in [7, 11) is 0. The molecule has 2 heterocycles. The summed E-state index contributed by atoms with van der Waals surface area (Å²) in [6, 6.07) is 7.86. The van der Waals surface area contributed by atoms with Crippen LogP contribution >= 0.6 is 0 Å². The van der Waals surface area contributed by atoms with Crippen LogP contribution in [0.5, 0.6) is 0 Å². The summed E-state index contributed by atoms with van der Waals surface area (Å²) < 4.78 is 0. The Morgan fingerprint density at radius 1 is 0.960 bits per heavy atom. The molecule has 3 rings (SSSR count). The first-order valence-electron chi connectivity index (χ1n) is 8.73. The number of piperazine rings is 1. The molecule has 0 saturated carbocycles. The van der Waals surface area contributed by atoms with Crippen LogP contribution in [0.2, 0.25) is 0 Å². The van der Waals surface area contributed by atoms with E-state index >= 15 is 0 Å². The summed E-state index contributed by atoms with van der Waals surface area (Å²) in [5.41, 5.74) is 5.33. The molecule has 1 N–H and O–H groups in total. The Bertz CT molecular complexity index is 772. The highest BCUT2D eigenvalue weighted by atomic mass is 16.2. The van der Waals surface area contributed by atoms with Crippen LogP contribution in [0, 0.1) is 20.8 Å². The summed E-state index contributed by atoms with van der Waals surface area (Å²) in [5, 5.41) is 0. The summed E-state index contributed by atoms with van der Waals surface area (Å²) in [5.74, 6) is 0.139. The molecule has 1 aliphatic heterocycles. The maximum atomic E-state index is 12.6. The van der Waals surface area contributed by atoms with Gasteiger partial charge in [-0.1, -0.05) is 12.1 Å². The van der Waals surface area contributed by atoms with E-state index in [1.165, 1.54) is 11.1 Å². The van der Waals surface area contributed by atoms with E-state index < -0.39 is 0 Å². The van der Waals surface area contributed by atoms with Crippen LogP contribution in [0.4, 0.5) is 0 Å². The number of nitrogens with one attached hydrogen (secondary N) is 1. The second-order valence-electron chi connectivity index (χ2n) is 6.80. The minimum atomic E-state index is 0.00195. The van der Waals surface area contributed by atoms with Gasteiger partial charge in [0.2, 0.25) is 5.91 Å². The van der Waals surface area contributed by atoms with E-state index in [0.717, 1.165) is 11.1 Å². The smallest absolute Gasteiger partial charge is 0.270 e. The number of nitrogens with zero attached hydrogens (tertiary/aromatic N) is 2. The predicted molar refractivity (Wildman–Crippen MR) is 97.6 cm³/mol. The second kappa shape index (κ2) is 7.13. The van der Waals surface area contributed by atoms with Gasteiger partial charge in [0.25, 0.3) is 5.91 Å². The van der Waals surface area contributed by atoms with Crippen molar-refractivity contribution < 1.29 is 9.59 Å². The molecular formula is C20H25N3O2. The summed E-state index contributed by atoms with van der Waals surface area (Å²) in [6.07, 6.45) is 2.18. The van der Waals surface area contributed by atoms with Gasteiger partial charge < -0.3 is 14.8 Å². The number of amides is 2. The molecule has 1 saturated heterocycles. The maximum absolute atomic E-state index is 12.6. The Labute approximate surface area is 148 Å². The highest BCUT2D eigenvalue weighted by Gasteiger charge is 2.25. The first kappa shape index (κ1) is 17.3. The number of hydrogen-bond acceptors (Lipinski definition) is 2. The fraction of sp³-hybridized carbons (Fsp3) is 0.400. The van der Waals surface area contributed by atoms with Gasteiger partial charge in [-0.3, -0.25) is 9.59 Å². The SMILES string of the molecule is Cc1cc(C)c(CC(=O)N2CCN(C(=O)c3ccc[nH]3)CC2)cc1C. The molecule has 0 unspecified atom stereocenters. The van der Waals surface area contributed by atoms with E-state index in [0.29, 0.717) is 38.3 Å². The molecule has 25 heavy (non-hydrogen) atoms. The summed E-state index contributed by atoms with van der Waals surface area (Å²) in [4.78, 5) is 31.6. The number of carbonyl (C=O) groups excluding carboxylic acids is 2. The predicted octanol–water partition coefficient (Wildman–Crippen LogP) is 2.47. The number of aryl methyl sites for hydroxylation is 3. The highest BCUT2D eigenvalue weighted by Crippen LogP contribution is 2.17. The molecule has 1 aliphatic rings. The number of aromatic amines is 1. The Balaban J connectivity index is 1.59. The minimum absolute atomic E-state index is 0.00195. The number of aromatic nitrogens is 1. The largest absolute Gasteiger partial charge is 0.357 e. The van der Waals surface area contributed by atoms with Crippen LogP contribution in [0.25, 0.3) is 0 Å². The molecule has 132 valence electrons. The van der Waals surface area contributed by atoms with Crippen molar-refractivity contribution in [1.82, 2.24) is 14.8 Å². The van der Waals surface area contributed by atoms with Crippen molar-refractivity contribution >= 4 is 11.8 Å². The molecule has 1 aromatic heterocycles. The van der Waals surface area contributed by atoms with Gasteiger partial charge in [0.05, 0.1) is 6.42 Å². The van der Waals surface area contributed by atoms with Gasteiger partial charge in [-0.2, -0.15) is 0 Å². The van der Waals surface area contributed by atoms with E-state index in [4.69, 9.17) is 0 Å². The molecule has 2 amide bonds. The lowest BCUT2D eigenvalue weighted by molar-refractivity contribution is -0.131. The average Bonchev–Trinajstić information content (AvgIpc) is 3.13. The standard InChI is InChI=1S/C20H25N3O2/c1-14-11-16(3)17(12-15(14)2)13-19(24)22-7-9-23(10-8-22)20(25)18-5-4-6-21-18/h4-6,11-12,21H,7-10,13H2,1-3H3. The lowest BCUT2D eigenvalue weighted by atomic mass is 9.98. The van der Waals surface area contributed by atoms with Gasteiger partial charge in [0, 0.05) is 32.4 Å². The van der Waals surface area contributed by atoms with Crippen LogP contribution in [0.3, 0.4) is 0 Å². The van der Waals surface area contributed by atoms with E-state index in [-0.39, 0.29) is 11.8 Å². The molecule has 0 atom stereocenters. The van der Waals surface area contributed by atoms with Gasteiger partial charge in [-0.05, 0) is 55.2 Å². The van der Waals surface area contributed by atoms with E-state index in [1.54, 1.807) is 17.2 Å². The molecule has 0 bridgehead atoms. The van der Waals surface area contributed by atoms with Crippen molar-refractivity contribution in [2.24, 2.45) is 0 Å². The zero-order valence-electron chi connectivity index (χ0n) is 15.1. The number of H-pyrrole nitrogens is 1. The molecule has 0 radical (unpaired) electrons. The molecule has 5 nitrogen and oxygen atoms in total. The van der Waals surface area contributed by atoms with Crippen LogP contribution in [-0.4, -0.2) is 52.8 Å². The van der Waals surface area contributed by atoms with Crippen LogP contribution < -0.4 is 0 Å². The lowest BCUT2D eigenvalue weighted by Crippen LogP contribution is -2.51. The Kier molecular flexibility index (Phi) is 4.93. The number of carbonyl (C=O) groups is 2. The third-order valence-corrected chi connectivity index (χ3v) is 5.04. The third kappa shape index (κ3) is 3.76. The Morgan fingerprint density at radius 2 is 1.60 bits per heavy atom. The monoisotopic (exact) mass is 339 g/mol. The number of benzene rings is 1. The van der Waals surface area contributed by atoms with Crippen molar-refractivity contribution in [3.63, 3.8) is 0 Å². The minimum Gasteiger partial charge on any atom is -0.357 e. The van der Waals surface area contributed by atoms with Gasteiger partial charge in [-0.25, -0.2) is 0 Å². The molecular weight excluding hydrogens is 314 g/mol. The van der Waals surface area contributed by atoms with Gasteiger partial charge in [0.15, 0.2) is 0 Å². The second-order valence-corrected chi connectivity index (χ2v) is 6.80. The van der Waals surface area contributed by atoms with Crippen molar-refractivity contribution in [2.75, 3.05) is 26.2 Å². The Morgan fingerprint density at radius 3 is 2.24 bits per heavy atom. The van der Waals surface area contributed by atoms with Crippen LogP contribution in [0.1, 0.15) is 32.7 Å². The average molecular weight is 339 g/mol. The normalized spacial score (nSPS) is 14.7. The van der Waals surface area contributed by atoms with Gasteiger partial charge in [0.1, 0.15) is 5.69 Å². The summed E-state index contributed by atoms with van der Waals surface area (Å²) >= 11 is 0. The van der Waals surface area contributed by atoms with Crippen molar-refractivity contribution in [1.29, 1.82) is 0 Å². The fourth-order valence-corrected chi connectivity index (χ4v) is 3.28. The first-order valence-corrected chi connectivity index (χ1v) is 8.73.